The van der Waals surface area contributed by atoms with Crippen LogP contribution in [0.4, 0.5) is 11.4 Å². The van der Waals surface area contributed by atoms with Crippen LogP contribution in [0.3, 0.4) is 0 Å². The predicted molar refractivity (Wildman–Crippen MR) is 76.9 cm³/mol. The van der Waals surface area contributed by atoms with Crippen LogP contribution in [0.1, 0.15) is 0 Å². The molecule has 0 saturated carbocycles. The first kappa shape index (κ1) is 11.5. The van der Waals surface area contributed by atoms with Crippen molar-refractivity contribution in [3.8, 4) is 0 Å². The van der Waals surface area contributed by atoms with E-state index in [0.29, 0.717) is 0 Å². The summed E-state index contributed by atoms with van der Waals surface area (Å²) < 4.78 is 2.04. The molecule has 0 bridgehead atoms. The van der Waals surface area contributed by atoms with Gasteiger partial charge in [-0.15, -0.1) is 0 Å². The smallest absolute Gasteiger partial charge is 0.0946 e. The minimum atomic E-state index is 0.732. The Morgan fingerprint density at radius 1 is 1.21 bits per heavy atom. The molecule has 3 N–H and O–H groups in total. The van der Waals surface area contributed by atoms with Crippen LogP contribution in [0.25, 0.3) is 10.9 Å². The third-order valence-corrected chi connectivity index (χ3v) is 3.01. The van der Waals surface area contributed by atoms with Crippen molar-refractivity contribution in [1.29, 1.82) is 0 Å². The third kappa shape index (κ3) is 2.49. The predicted octanol–water partition coefficient (Wildman–Crippen LogP) is 2.13. The zero-order valence-electron chi connectivity index (χ0n) is 10.5. The monoisotopic (exact) mass is 253 g/mol. The van der Waals surface area contributed by atoms with Crippen molar-refractivity contribution in [2.75, 3.05) is 17.6 Å². The first-order chi connectivity index (χ1) is 9.33. The van der Waals surface area contributed by atoms with Crippen molar-refractivity contribution >= 4 is 22.3 Å². The molecule has 0 fully saturated rings. The van der Waals surface area contributed by atoms with Crippen molar-refractivity contribution in [3.05, 3.63) is 49.2 Å². The number of nitrogens with one attached hydrogen (secondary N) is 1. The van der Waals surface area contributed by atoms with Gasteiger partial charge in [0.15, 0.2) is 0 Å². The van der Waals surface area contributed by atoms with Gasteiger partial charge in [-0.05, 0) is 24.3 Å². The van der Waals surface area contributed by atoms with Gasteiger partial charge in [0.1, 0.15) is 0 Å². The minimum absolute atomic E-state index is 0.732. The van der Waals surface area contributed by atoms with Gasteiger partial charge in [0.2, 0.25) is 0 Å². The van der Waals surface area contributed by atoms with Gasteiger partial charge in [0.25, 0.3) is 0 Å². The highest BCUT2D eigenvalue weighted by Crippen LogP contribution is 2.23. The fourth-order valence-corrected chi connectivity index (χ4v) is 2.06. The van der Waals surface area contributed by atoms with E-state index < -0.39 is 0 Å². The molecule has 0 atom stereocenters. The summed E-state index contributed by atoms with van der Waals surface area (Å²) in [6.45, 7) is 1.71. The molecule has 0 radical (unpaired) electrons. The van der Waals surface area contributed by atoms with Crippen LogP contribution in [0.15, 0.2) is 49.2 Å². The summed E-state index contributed by atoms with van der Waals surface area (Å²) >= 11 is 0. The number of benzene rings is 1. The molecule has 3 aromatic rings. The first-order valence-corrected chi connectivity index (χ1v) is 6.17. The van der Waals surface area contributed by atoms with Crippen LogP contribution in [0, 0.1) is 0 Å². The molecule has 5 heteroatoms. The SMILES string of the molecule is Nc1ccc2c(NCCn3ccnc3)ccnc2c1. The fourth-order valence-electron chi connectivity index (χ4n) is 2.06. The van der Waals surface area contributed by atoms with E-state index in [-0.39, 0.29) is 0 Å². The molecular weight excluding hydrogens is 238 g/mol. The normalized spacial score (nSPS) is 10.7. The number of hydrogen-bond donors (Lipinski definition) is 2. The Hall–Kier alpha value is -2.56. The van der Waals surface area contributed by atoms with E-state index in [0.717, 1.165) is 35.4 Å². The Labute approximate surface area is 111 Å². The van der Waals surface area contributed by atoms with Crippen LogP contribution in [-0.4, -0.2) is 21.1 Å². The Balaban J connectivity index is 1.77. The molecule has 0 spiro atoms. The lowest BCUT2D eigenvalue weighted by atomic mass is 10.1. The van der Waals surface area contributed by atoms with Crippen molar-refractivity contribution in [2.24, 2.45) is 0 Å². The average Bonchev–Trinajstić information content (AvgIpc) is 2.92. The highest BCUT2D eigenvalue weighted by Gasteiger charge is 2.01. The van der Waals surface area contributed by atoms with E-state index in [1.165, 1.54) is 0 Å². The number of pyridine rings is 1. The van der Waals surface area contributed by atoms with Crippen LogP contribution < -0.4 is 11.1 Å². The zero-order chi connectivity index (χ0) is 13.1. The molecule has 0 aliphatic heterocycles. The summed E-state index contributed by atoms with van der Waals surface area (Å²) in [7, 11) is 0. The number of imidazole rings is 1. The molecule has 5 nitrogen and oxygen atoms in total. The standard InChI is InChI=1S/C14H15N5/c15-11-1-2-12-13(3-4-17-14(12)9-11)18-6-8-19-7-5-16-10-19/h1-5,7,9-10H,6,8,15H2,(H,17,18). The van der Waals surface area contributed by atoms with Crippen LogP contribution in [-0.2, 0) is 6.54 Å². The molecule has 0 amide bonds. The van der Waals surface area contributed by atoms with Gasteiger partial charge in [-0.25, -0.2) is 4.98 Å². The number of fused-ring (bicyclic) bond motifs is 1. The van der Waals surface area contributed by atoms with Gasteiger partial charge in [-0.3, -0.25) is 4.98 Å². The lowest BCUT2D eigenvalue weighted by molar-refractivity contribution is 0.727. The number of nitrogens with two attached hydrogens (primary N) is 1. The van der Waals surface area contributed by atoms with Crippen molar-refractivity contribution in [3.63, 3.8) is 0 Å². The van der Waals surface area contributed by atoms with E-state index in [1.807, 2.05) is 41.4 Å². The number of nitrogens with zero attached hydrogens (tertiary/aromatic N) is 3. The van der Waals surface area contributed by atoms with Gasteiger partial charge in [-0.2, -0.15) is 0 Å². The topological polar surface area (TPSA) is 68.8 Å². The number of hydrogen-bond acceptors (Lipinski definition) is 4. The van der Waals surface area contributed by atoms with E-state index in [9.17, 15) is 0 Å². The summed E-state index contributed by atoms with van der Waals surface area (Å²) in [6, 6.07) is 7.76. The molecule has 0 saturated heterocycles. The highest BCUT2D eigenvalue weighted by atomic mass is 15.0. The maximum absolute atomic E-state index is 5.77. The maximum Gasteiger partial charge on any atom is 0.0946 e. The summed E-state index contributed by atoms with van der Waals surface area (Å²) in [5.74, 6) is 0. The van der Waals surface area contributed by atoms with Gasteiger partial charge < -0.3 is 15.6 Å². The number of rotatable bonds is 4. The Bertz CT molecular complexity index is 675. The van der Waals surface area contributed by atoms with E-state index in [1.54, 1.807) is 12.4 Å². The molecule has 2 heterocycles. The molecule has 0 aliphatic rings. The second-order valence-electron chi connectivity index (χ2n) is 4.36. The number of aromatic nitrogens is 3. The quantitative estimate of drug-likeness (QED) is 0.699. The van der Waals surface area contributed by atoms with Crippen molar-refractivity contribution in [2.45, 2.75) is 6.54 Å². The Kier molecular flexibility index (Phi) is 3.02. The summed E-state index contributed by atoms with van der Waals surface area (Å²) in [6.07, 6.45) is 7.34. The number of anilines is 2. The molecule has 2 aromatic heterocycles. The molecule has 19 heavy (non-hydrogen) atoms. The Morgan fingerprint density at radius 2 is 2.16 bits per heavy atom. The Morgan fingerprint density at radius 3 is 3.00 bits per heavy atom. The van der Waals surface area contributed by atoms with E-state index in [4.69, 9.17) is 5.73 Å². The maximum atomic E-state index is 5.77. The lowest BCUT2D eigenvalue weighted by Crippen LogP contribution is -2.09. The molecule has 0 aliphatic carbocycles. The van der Waals surface area contributed by atoms with Crippen LogP contribution in [0.2, 0.25) is 0 Å². The molecule has 0 unspecified atom stereocenters. The van der Waals surface area contributed by atoms with E-state index >= 15 is 0 Å². The highest BCUT2D eigenvalue weighted by molar-refractivity contribution is 5.92. The molecule has 1 aromatic carbocycles. The summed E-state index contributed by atoms with van der Waals surface area (Å²) in [5, 5.41) is 4.50. The third-order valence-electron chi connectivity index (χ3n) is 3.01. The molecule has 96 valence electrons. The number of nitrogen functional groups attached to an aromatic ring is 1. The second kappa shape index (κ2) is 4.97. The van der Waals surface area contributed by atoms with Crippen LogP contribution in [0.5, 0.6) is 0 Å². The van der Waals surface area contributed by atoms with Crippen molar-refractivity contribution < 1.29 is 0 Å². The summed E-state index contributed by atoms with van der Waals surface area (Å²) in [5.41, 5.74) is 8.48. The van der Waals surface area contributed by atoms with Gasteiger partial charge >= 0.3 is 0 Å². The lowest BCUT2D eigenvalue weighted by Gasteiger charge is -2.10. The summed E-state index contributed by atoms with van der Waals surface area (Å²) in [4.78, 5) is 8.34. The average molecular weight is 253 g/mol. The largest absolute Gasteiger partial charge is 0.399 e. The van der Waals surface area contributed by atoms with Gasteiger partial charge in [0.05, 0.1) is 11.8 Å². The molecule has 3 rings (SSSR count). The molecular formula is C14H15N5. The second-order valence-corrected chi connectivity index (χ2v) is 4.36. The minimum Gasteiger partial charge on any atom is -0.399 e. The fraction of sp³-hybridized carbons (Fsp3) is 0.143. The van der Waals surface area contributed by atoms with E-state index in [2.05, 4.69) is 15.3 Å². The van der Waals surface area contributed by atoms with Gasteiger partial charge in [-0.1, -0.05) is 0 Å². The van der Waals surface area contributed by atoms with Crippen molar-refractivity contribution in [1.82, 2.24) is 14.5 Å². The zero-order valence-corrected chi connectivity index (χ0v) is 10.5. The van der Waals surface area contributed by atoms with Gasteiger partial charge in [0, 0.05) is 48.4 Å². The van der Waals surface area contributed by atoms with Crippen LogP contribution >= 0.6 is 0 Å². The first-order valence-electron chi connectivity index (χ1n) is 6.17.